The van der Waals surface area contributed by atoms with Crippen LogP contribution < -0.4 is 10.6 Å². The minimum atomic E-state index is -0.647. The second-order valence-electron chi connectivity index (χ2n) is 7.63. The molecule has 0 atom stereocenters. The van der Waals surface area contributed by atoms with Gasteiger partial charge in [-0.3, -0.25) is 9.59 Å². The normalized spacial score (nSPS) is 10.4. The molecule has 1 heterocycles. The highest BCUT2D eigenvalue weighted by molar-refractivity contribution is 7.18. The Labute approximate surface area is 203 Å². The van der Waals surface area contributed by atoms with Crippen LogP contribution in [0, 0.1) is 6.92 Å². The number of benzene rings is 1. The van der Waals surface area contributed by atoms with Crippen molar-refractivity contribution in [2.24, 2.45) is 0 Å². The fourth-order valence-electron chi connectivity index (χ4n) is 3.04. The maximum Gasteiger partial charge on any atom is 0.341 e. The van der Waals surface area contributed by atoms with Crippen LogP contribution >= 0.6 is 11.3 Å². The predicted octanol–water partition coefficient (Wildman–Crippen LogP) is 3.94. The number of para-hydroxylation sites is 1. The maximum atomic E-state index is 12.6. The summed E-state index contributed by atoms with van der Waals surface area (Å²) in [6.07, 6.45) is 1.96. The van der Waals surface area contributed by atoms with Crippen LogP contribution in [-0.4, -0.2) is 62.5 Å². The first-order valence-electron chi connectivity index (χ1n) is 11.0. The molecule has 2 aromatic rings. The van der Waals surface area contributed by atoms with Crippen LogP contribution in [0.25, 0.3) is 0 Å². The Kier molecular flexibility index (Phi) is 10.1. The van der Waals surface area contributed by atoms with Crippen LogP contribution in [0.15, 0.2) is 24.3 Å². The zero-order chi connectivity index (χ0) is 25.3. The van der Waals surface area contributed by atoms with Crippen molar-refractivity contribution in [3.05, 3.63) is 45.8 Å². The van der Waals surface area contributed by atoms with E-state index in [-0.39, 0.29) is 23.1 Å². The topological polar surface area (TPSA) is 114 Å². The highest BCUT2D eigenvalue weighted by atomic mass is 32.1. The molecule has 184 valence electrons. The van der Waals surface area contributed by atoms with Gasteiger partial charge in [0.15, 0.2) is 6.61 Å². The van der Waals surface area contributed by atoms with Crippen LogP contribution in [0.5, 0.6) is 0 Å². The van der Waals surface area contributed by atoms with Gasteiger partial charge in [-0.25, -0.2) is 9.59 Å². The summed E-state index contributed by atoms with van der Waals surface area (Å²) in [5.41, 5.74) is 1.49. The SMILES string of the molecule is CCCCNc1ccccc1C(=O)OCC(=O)Nc1sc(C(=O)N(C)C)c(C)c1C(=O)OCC. The second kappa shape index (κ2) is 12.7. The lowest BCUT2D eigenvalue weighted by Crippen LogP contribution is -2.22. The highest BCUT2D eigenvalue weighted by Gasteiger charge is 2.27. The molecular formula is C24H31N3O6S. The number of rotatable bonds is 11. The first kappa shape index (κ1) is 26.8. The van der Waals surface area contributed by atoms with Crippen molar-refractivity contribution in [3.63, 3.8) is 0 Å². The number of anilines is 2. The molecule has 0 aliphatic heterocycles. The Balaban J connectivity index is 2.14. The molecule has 0 bridgehead atoms. The molecule has 0 saturated heterocycles. The Morgan fingerprint density at radius 1 is 1.03 bits per heavy atom. The van der Waals surface area contributed by atoms with Gasteiger partial charge in [0.2, 0.25) is 0 Å². The summed E-state index contributed by atoms with van der Waals surface area (Å²) in [6.45, 7) is 5.65. The molecule has 0 unspecified atom stereocenters. The zero-order valence-electron chi connectivity index (χ0n) is 20.1. The number of carbonyl (C=O) groups is 4. The molecule has 9 nitrogen and oxygen atoms in total. The largest absolute Gasteiger partial charge is 0.462 e. The molecule has 1 aromatic carbocycles. The van der Waals surface area contributed by atoms with Crippen molar-refractivity contribution in [2.45, 2.75) is 33.6 Å². The zero-order valence-corrected chi connectivity index (χ0v) is 21.0. The first-order chi connectivity index (χ1) is 16.2. The van der Waals surface area contributed by atoms with Gasteiger partial charge in [-0.1, -0.05) is 25.5 Å². The molecule has 2 N–H and O–H groups in total. The third-order valence-corrected chi connectivity index (χ3v) is 6.00. The number of thiophene rings is 1. The Bertz CT molecular complexity index is 1050. The summed E-state index contributed by atoms with van der Waals surface area (Å²) < 4.78 is 10.3. The molecule has 0 saturated carbocycles. The van der Waals surface area contributed by atoms with E-state index < -0.39 is 24.5 Å². The molecule has 1 aromatic heterocycles. The lowest BCUT2D eigenvalue weighted by atomic mass is 10.1. The number of nitrogens with zero attached hydrogens (tertiary/aromatic N) is 1. The monoisotopic (exact) mass is 489 g/mol. The number of nitrogens with one attached hydrogen (secondary N) is 2. The molecule has 34 heavy (non-hydrogen) atoms. The number of hydrogen-bond acceptors (Lipinski definition) is 8. The van der Waals surface area contributed by atoms with Crippen molar-refractivity contribution >= 4 is 45.8 Å². The van der Waals surface area contributed by atoms with Gasteiger partial charge in [0.05, 0.1) is 22.6 Å². The smallest absolute Gasteiger partial charge is 0.341 e. The van der Waals surface area contributed by atoms with E-state index >= 15 is 0 Å². The molecule has 2 rings (SSSR count). The first-order valence-corrected chi connectivity index (χ1v) is 11.8. The van der Waals surface area contributed by atoms with E-state index in [9.17, 15) is 19.2 Å². The summed E-state index contributed by atoms with van der Waals surface area (Å²) in [4.78, 5) is 51.8. The average molecular weight is 490 g/mol. The fourth-order valence-corrected chi connectivity index (χ4v) is 4.28. The van der Waals surface area contributed by atoms with Gasteiger partial charge in [-0.05, 0) is 38.0 Å². The van der Waals surface area contributed by atoms with Gasteiger partial charge >= 0.3 is 11.9 Å². The van der Waals surface area contributed by atoms with Gasteiger partial charge in [-0.15, -0.1) is 11.3 Å². The summed E-state index contributed by atoms with van der Waals surface area (Å²) >= 11 is 0.975. The van der Waals surface area contributed by atoms with E-state index in [1.165, 1.54) is 4.90 Å². The lowest BCUT2D eigenvalue weighted by molar-refractivity contribution is -0.119. The average Bonchev–Trinajstić information content (AvgIpc) is 3.12. The Morgan fingerprint density at radius 2 is 1.74 bits per heavy atom. The quantitative estimate of drug-likeness (QED) is 0.363. The highest BCUT2D eigenvalue weighted by Crippen LogP contribution is 2.34. The molecule has 0 aliphatic carbocycles. The summed E-state index contributed by atoms with van der Waals surface area (Å²) in [7, 11) is 3.19. The van der Waals surface area contributed by atoms with Crippen LogP contribution in [0.3, 0.4) is 0 Å². The van der Waals surface area contributed by atoms with Crippen molar-refractivity contribution in [1.82, 2.24) is 4.90 Å². The van der Waals surface area contributed by atoms with Gasteiger partial charge in [0, 0.05) is 26.3 Å². The van der Waals surface area contributed by atoms with Gasteiger partial charge in [0.25, 0.3) is 11.8 Å². The van der Waals surface area contributed by atoms with E-state index in [1.54, 1.807) is 52.2 Å². The third kappa shape index (κ3) is 6.80. The van der Waals surface area contributed by atoms with Crippen molar-refractivity contribution < 1.29 is 28.7 Å². The molecule has 0 radical (unpaired) electrons. The van der Waals surface area contributed by atoms with Crippen LogP contribution in [0.1, 0.15) is 62.6 Å². The van der Waals surface area contributed by atoms with Crippen LogP contribution in [-0.2, 0) is 14.3 Å². The standard InChI is InChI=1S/C24H31N3O6S/c1-6-8-13-25-17-12-10-9-11-16(17)23(30)33-14-18(28)26-21-19(24(31)32-7-2)15(3)20(34-21)22(29)27(4)5/h9-12,25H,6-8,13-14H2,1-5H3,(H,26,28). The number of amides is 2. The molecule has 0 spiro atoms. The molecular weight excluding hydrogens is 458 g/mol. The summed E-state index contributed by atoms with van der Waals surface area (Å²) in [6, 6.07) is 6.91. The van der Waals surface area contributed by atoms with E-state index in [4.69, 9.17) is 9.47 Å². The summed E-state index contributed by atoms with van der Waals surface area (Å²) in [5.74, 6) is -2.23. The lowest BCUT2D eigenvalue weighted by Gasteiger charge is -2.11. The predicted molar refractivity (Wildman–Crippen MR) is 132 cm³/mol. The number of unbranched alkanes of at least 4 members (excludes halogenated alkanes) is 1. The molecule has 2 amide bonds. The van der Waals surface area contributed by atoms with Crippen molar-refractivity contribution in [1.29, 1.82) is 0 Å². The minimum absolute atomic E-state index is 0.113. The third-order valence-electron chi connectivity index (χ3n) is 4.81. The van der Waals surface area contributed by atoms with Gasteiger partial charge in [-0.2, -0.15) is 0 Å². The van der Waals surface area contributed by atoms with E-state index in [1.807, 2.05) is 0 Å². The number of hydrogen-bond donors (Lipinski definition) is 2. The van der Waals surface area contributed by atoms with E-state index in [0.29, 0.717) is 28.2 Å². The van der Waals surface area contributed by atoms with Crippen molar-refractivity contribution in [3.8, 4) is 0 Å². The minimum Gasteiger partial charge on any atom is -0.462 e. The molecule has 10 heteroatoms. The fraction of sp³-hybridized carbons (Fsp3) is 0.417. The van der Waals surface area contributed by atoms with E-state index in [0.717, 1.165) is 24.2 Å². The molecule has 0 aliphatic rings. The number of ether oxygens (including phenoxy) is 2. The number of esters is 2. The van der Waals surface area contributed by atoms with Crippen LogP contribution in [0.4, 0.5) is 10.7 Å². The maximum absolute atomic E-state index is 12.6. The van der Waals surface area contributed by atoms with Gasteiger partial charge < -0.3 is 25.0 Å². The second-order valence-corrected chi connectivity index (χ2v) is 8.65. The van der Waals surface area contributed by atoms with Crippen molar-refractivity contribution in [2.75, 3.05) is 44.5 Å². The Hall–Kier alpha value is -3.40. The van der Waals surface area contributed by atoms with Crippen LogP contribution in [0.2, 0.25) is 0 Å². The number of carbonyl (C=O) groups excluding carboxylic acids is 4. The van der Waals surface area contributed by atoms with E-state index in [2.05, 4.69) is 17.6 Å². The van der Waals surface area contributed by atoms with Gasteiger partial charge in [0.1, 0.15) is 5.00 Å². The summed E-state index contributed by atoms with van der Waals surface area (Å²) in [5, 5.41) is 5.95. The Morgan fingerprint density at radius 3 is 2.38 bits per heavy atom. The molecule has 0 fully saturated rings.